The molecule has 8 atom stereocenters. The summed E-state index contributed by atoms with van der Waals surface area (Å²) in [4.78, 5) is 9.93. The fourth-order valence-electron chi connectivity index (χ4n) is 22.3. The maximum atomic E-state index is 3.35. The van der Waals surface area contributed by atoms with E-state index >= 15 is 0 Å². The highest BCUT2D eigenvalue weighted by Gasteiger charge is 2.47. The lowest BCUT2D eigenvalue weighted by Gasteiger charge is -2.53. The molecule has 73 heavy (non-hydrogen) atoms. The summed E-state index contributed by atoms with van der Waals surface area (Å²) in [7, 11) is 0. The Hall–Kier alpha value is -0.120. The molecular weight excluding hydrogens is 883 g/mol. The largest absolute Gasteiger partial charge is 0.294 e. The SMILES string of the molecule is CC1CCC(C2CCC(N(C3CCC(C4CC(C5CCC(N(C6CCCCC6)C6CCCC(C)C6)CC5)CC(C5CCC(N(C6CCCCC6)C6CCCC(C)C6)CC5)C4)CC3)C3CCCC(C)C3)CC2)CC1. The van der Waals surface area contributed by atoms with E-state index in [0.29, 0.717) is 0 Å². The van der Waals surface area contributed by atoms with Crippen LogP contribution in [0.25, 0.3) is 0 Å². The summed E-state index contributed by atoms with van der Waals surface area (Å²) in [5, 5.41) is 0. The molecule has 0 N–H and O–H groups in total. The van der Waals surface area contributed by atoms with Crippen molar-refractivity contribution in [3.63, 3.8) is 0 Å². The van der Waals surface area contributed by atoms with E-state index < -0.39 is 0 Å². The molecule has 0 heterocycles. The fourth-order valence-corrected chi connectivity index (χ4v) is 22.3. The van der Waals surface area contributed by atoms with E-state index in [1.807, 2.05) is 0 Å². The van der Waals surface area contributed by atoms with Gasteiger partial charge in [-0.05, 0) is 270 Å². The molecule has 0 bridgehead atoms. The lowest BCUT2D eigenvalue weighted by molar-refractivity contribution is -0.0255. The lowest BCUT2D eigenvalue weighted by Crippen LogP contribution is -2.53. The van der Waals surface area contributed by atoms with Gasteiger partial charge in [0.05, 0.1) is 0 Å². The lowest BCUT2D eigenvalue weighted by atomic mass is 9.58. The summed E-state index contributed by atoms with van der Waals surface area (Å²) in [6.07, 6.45) is 69.0. The van der Waals surface area contributed by atoms with Crippen LogP contribution in [0.4, 0.5) is 0 Å². The van der Waals surface area contributed by atoms with Crippen LogP contribution in [-0.2, 0) is 0 Å². The second-order valence-corrected chi connectivity index (χ2v) is 31.0. The van der Waals surface area contributed by atoms with E-state index in [0.717, 1.165) is 125 Å². The molecular formula is C70H123N3. The standard InChI is InChI=1S/C70H123N3/c1-50-24-26-54(27-25-50)55-28-36-66(37-29-55)73(70-23-13-16-53(4)46-70)67-42-34-58(35-43-67)61-48-59(56-30-38-64(39-31-56)71(62-17-7-5-8-18-62)68-21-11-14-51(2)44-68)47-60(49-61)57-32-40-65(41-33-57)72(63-19-9-6-10-20-63)69-22-12-15-52(3)45-69/h50-70H,5-49H2,1-4H3. The first-order chi connectivity index (χ1) is 35.8. The van der Waals surface area contributed by atoms with E-state index in [1.54, 1.807) is 122 Å². The Labute approximate surface area is 454 Å². The summed E-state index contributed by atoms with van der Waals surface area (Å²) in [5.41, 5.74) is 0. The average Bonchev–Trinajstić information content (AvgIpc) is 3.43. The van der Waals surface area contributed by atoms with Crippen LogP contribution in [0.5, 0.6) is 0 Å². The predicted octanol–water partition coefficient (Wildman–Crippen LogP) is 19.4. The molecule has 0 amide bonds. The van der Waals surface area contributed by atoms with Crippen molar-refractivity contribution in [3.05, 3.63) is 0 Å². The smallest absolute Gasteiger partial charge is 0.0104 e. The van der Waals surface area contributed by atoms with E-state index in [2.05, 4.69) is 42.4 Å². The zero-order chi connectivity index (χ0) is 49.7. The first-order valence-corrected chi connectivity index (χ1v) is 35.1. The monoisotopic (exact) mass is 1010 g/mol. The van der Waals surface area contributed by atoms with Crippen LogP contribution in [0.15, 0.2) is 0 Å². The van der Waals surface area contributed by atoms with E-state index in [-0.39, 0.29) is 0 Å². The molecule has 3 heteroatoms. The third-order valence-corrected chi connectivity index (χ3v) is 26.2. The first-order valence-electron chi connectivity index (χ1n) is 35.1. The van der Waals surface area contributed by atoms with Crippen molar-refractivity contribution in [1.29, 1.82) is 0 Å². The van der Waals surface area contributed by atoms with Gasteiger partial charge < -0.3 is 0 Å². The Morgan fingerprint density at radius 3 is 0.671 bits per heavy atom. The Kier molecular flexibility index (Phi) is 19.9. The summed E-state index contributed by atoms with van der Waals surface area (Å²) < 4.78 is 0. The minimum Gasteiger partial charge on any atom is -0.294 e. The normalized spacial score (nSPS) is 45.7. The molecule has 3 nitrogen and oxygen atoms in total. The van der Waals surface area contributed by atoms with Gasteiger partial charge in [0.1, 0.15) is 0 Å². The number of nitrogens with zero attached hydrogens (tertiary/aromatic N) is 3. The van der Waals surface area contributed by atoms with Crippen molar-refractivity contribution >= 4 is 0 Å². The molecule has 418 valence electrons. The molecule has 0 aromatic heterocycles. The summed E-state index contributed by atoms with van der Waals surface area (Å²) in [6.45, 7) is 10.3. The van der Waals surface area contributed by atoms with Crippen molar-refractivity contribution in [1.82, 2.24) is 14.7 Å². The van der Waals surface area contributed by atoms with Crippen molar-refractivity contribution in [2.24, 2.45) is 71.0 Å². The molecule has 11 aliphatic carbocycles. The van der Waals surface area contributed by atoms with E-state index in [4.69, 9.17) is 0 Å². The molecule has 11 saturated carbocycles. The second-order valence-electron chi connectivity index (χ2n) is 31.0. The van der Waals surface area contributed by atoms with Gasteiger partial charge in [0.15, 0.2) is 0 Å². The van der Waals surface area contributed by atoms with Gasteiger partial charge in [0.2, 0.25) is 0 Å². The Morgan fingerprint density at radius 2 is 0.397 bits per heavy atom. The molecule has 0 aromatic carbocycles. The van der Waals surface area contributed by atoms with Crippen LogP contribution in [0.2, 0.25) is 0 Å². The Morgan fingerprint density at radius 1 is 0.164 bits per heavy atom. The van der Waals surface area contributed by atoms with E-state index in [1.165, 1.54) is 167 Å². The maximum Gasteiger partial charge on any atom is 0.0104 e. The highest BCUT2D eigenvalue weighted by atomic mass is 15.2. The molecule has 11 fully saturated rings. The molecule has 0 saturated heterocycles. The van der Waals surface area contributed by atoms with Gasteiger partial charge in [-0.15, -0.1) is 0 Å². The van der Waals surface area contributed by atoms with Crippen molar-refractivity contribution in [3.8, 4) is 0 Å². The molecule has 0 aliphatic heterocycles. The highest BCUT2D eigenvalue weighted by Crippen LogP contribution is 2.54. The van der Waals surface area contributed by atoms with Crippen LogP contribution in [0, 0.1) is 71.0 Å². The van der Waals surface area contributed by atoms with E-state index in [9.17, 15) is 0 Å². The minimum absolute atomic E-state index is 0.891. The van der Waals surface area contributed by atoms with Crippen molar-refractivity contribution < 1.29 is 0 Å². The number of rotatable bonds is 13. The predicted molar refractivity (Wildman–Crippen MR) is 312 cm³/mol. The average molecular weight is 1010 g/mol. The first kappa shape index (κ1) is 54.8. The van der Waals surface area contributed by atoms with Gasteiger partial charge in [-0.1, -0.05) is 118 Å². The third kappa shape index (κ3) is 13.7. The summed E-state index contributed by atoms with van der Waals surface area (Å²) >= 11 is 0. The van der Waals surface area contributed by atoms with Crippen LogP contribution >= 0.6 is 0 Å². The number of hydrogen-bond donors (Lipinski definition) is 0. The highest BCUT2D eigenvalue weighted by molar-refractivity contribution is 5.00. The minimum atomic E-state index is 0.891. The van der Waals surface area contributed by atoms with Crippen LogP contribution < -0.4 is 0 Å². The van der Waals surface area contributed by atoms with Gasteiger partial charge in [-0.3, -0.25) is 14.7 Å². The molecule has 0 spiro atoms. The van der Waals surface area contributed by atoms with Gasteiger partial charge in [0.25, 0.3) is 0 Å². The van der Waals surface area contributed by atoms with Crippen LogP contribution in [-0.4, -0.2) is 69.1 Å². The van der Waals surface area contributed by atoms with Crippen molar-refractivity contribution in [2.45, 2.75) is 371 Å². The zero-order valence-corrected chi connectivity index (χ0v) is 49.3. The van der Waals surface area contributed by atoms with Gasteiger partial charge in [-0.25, -0.2) is 0 Å². The van der Waals surface area contributed by atoms with Gasteiger partial charge in [0, 0.05) is 54.4 Å². The second kappa shape index (κ2) is 26.4. The Bertz CT molecular complexity index is 1500. The van der Waals surface area contributed by atoms with Crippen molar-refractivity contribution in [2.75, 3.05) is 0 Å². The summed E-state index contributed by atoms with van der Waals surface area (Å²) in [6, 6.07) is 8.10. The quantitative estimate of drug-likeness (QED) is 0.182. The molecule has 11 rings (SSSR count). The van der Waals surface area contributed by atoms with Crippen LogP contribution in [0.3, 0.4) is 0 Å². The third-order valence-electron chi connectivity index (χ3n) is 26.2. The molecule has 0 radical (unpaired) electrons. The van der Waals surface area contributed by atoms with Crippen LogP contribution in [0.1, 0.15) is 317 Å². The Balaban J connectivity index is 0.769. The fraction of sp³-hybridized carbons (Fsp3) is 1.00. The maximum absolute atomic E-state index is 3.35. The molecule has 0 aromatic rings. The summed E-state index contributed by atoms with van der Waals surface area (Å²) in [5.74, 6) is 12.1. The molecule has 11 aliphatic rings. The van der Waals surface area contributed by atoms with Gasteiger partial charge in [-0.2, -0.15) is 0 Å². The van der Waals surface area contributed by atoms with Gasteiger partial charge >= 0.3 is 0 Å². The topological polar surface area (TPSA) is 9.72 Å². The number of hydrogen-bond acceptors (Lipinski definition) is 3. The zero-order valence-electron chi connectivity index (χ0n) is 49.3. The molecule has 8 unspecified atom stereocenters.